The summed E-state index contributed by atoms with van der Waals surface area (Å²) in [5.74, 6) is -3.23. The van der Waals surface area contributed by atoms with Gasteiger partial charge in [0.05, 0.1) is 25.3 Å². The van der Waals surface area contributed by atoms with E-state index in [1.807, 2.05) is 30.3 Å². The van der Waals surface area contributed by atoms with E-state index < -0.39 is 36.6 Å². The van der Waals surface area contributed by atoms with E-state index in [4.69, 9.17) is 9.47 Å². The first-order valence-corrected chi connectivity index (χ1v) is 7.60. The van der Waals surface area contributed by atoms with Crippen molar-refractivity contribution in [2.24, 2.45) is 0 Å². The Bertz CT molecular complexity index is 554. The van der Waals surface area contributed by atoms with Gasteiger partial charge >= 0.3 is 6.09 Å². The predicted octanol–water partition coefficient (Wildman–Crippen LogP) is 2.18. The quantitative estimate of drug-likeness (QED) is 0.904. The molecule has 2 bridgehead atoms. The van der Waals surface area contributed by atoms with E-state index in [0.29, 0.717) is 0 Å². The van der Waals surface area contributed by atoms with Crippen molar-refractivity contribution in [1.82, 2.24) is 4.90 Å². The number of alkyl halides is 2. The van der Waals surface area contributed by atoms with E-state index >= 15 is 0 Å². The Morgan fingerprint density at radius 1 is 1.30 bits per heavy atom. The van der Waals surface area contributed by atoms with Crippen molar-refractivity contribution in [3.8, 4) is 0 Å². The highest BCUT2D eigenvalue weighted by atomic mass is 19.3. The van der Waals surface area contributed by atoms with Gasteiger partial charge in [-0.15, -0.1) is 0 Å². The van der Waals surface area contributed by atoms with Gasteiger partial charge in [-0.3, -0.25) is 4.90 Å². The maximum absolute atomic E-state index is 13.9. The van der Waals surface area contributed by atoms with Crippen LogP contribution in [0.15, 0.2) is 30.3 Å². The van der Waals surface area contributed by atoms with Crippen molar-refractivity contribution in [3.05, 3.63) is 35.9 Å². The molecule has 5 nitrogen and oxygen atoms in total. The van der Waals surface area contributed by atoms with E-state index in [9.17, 15) is 18.7 Å². The molecular formula is C16H19F2NO4. The number of morpholine rings is 1. The van der Waals surface area contributed by atoms with Crippen LogP contribution in [-0.2, 0) is 16.1 Å². The Hall–Kier alpha value is -1.73. The topological polar surface area (TPSA) is 59.0 Å². The van der Waals surface area contributed by atoms with Gasteiger partial charge in [0.1, 0.15) is 12.7 Å². The highest BCUT2D eigenvalue weighted by Gasteiger charge is 2.51. The molecule has 2 heterocycles. The lowest BCUT2D eigenvalue weighted by molar-refractivity contribution is -0.115. The molecule has 7 heteroatoms. The fourth-order valence-corrected chi connectivity index (χ4v) is 3.11. The molecular weight excluding hydrogens is 308 g/mol. The molecule has 126 valence electrons. The number of aliphatic hydroxyl groups is 1. The largest absolute Gasteiger partial charge is 0.445 e. The first kappa shape index (κ1) is 16.1. The fourth-order valence-electron chi connectivity index (χ4n) is 3.11. The number of nitrogens with zero attached hydrogens (tertiary/aromatic N) is 1. The molecule has 0 aliphatic carbocycles. The molecule has 0 aromatic heterocycles. The van der Waals surface area contributed by atoms with E-state index in [1.165, 1.54) is 4.90 Å². The second kappa shape index (κ2) is 6.41. The van der Waals surface area contributed by atoms with Gasteiger partial charge in [0.15, 0.2) is 0 Å². The fraction of sp³-hybridized carbons (Fsp3) is 0.562. The normalized spacial score (nSPS) is 29.7. The maximum atomic E-state index is 13.9. The minimum absolute atomic E-state index is 0.0270. The summed E-state index contributed by atoms with van der Waals surface area (Å²) in [6, 6.07) is 7.76. The van der Waals surface area contributed by atoms with Crippen LogP contribution in [0.2, 0.25) is 0 Å². The third-order valence-electron chi connectivity index (χ3n) is 4.31. The van der Waals surface area contributed by atoms with Gasteiger partial charge in [0, 0.05) is 12.8 Å². The van der Waals surface area contributed by atoms with Gasteiger partial charge in [-0.25, -0.2) is 13.6 Å². The second-order valence-electron chi connectivity index (χ2n) is 6.01. The number of fused-ring (bicyclic) bond motifs is 2. The Balaban J connectivity index is 1.71. The summed E-state index contributed by atoms with van der Waals surface area (Å²) < 4.78 is 38.4. The van der Waals surface area contributed by atoms with Crippen LogP contribution in [0.5, 0.6) is 0 Å². The van der Waals surface area contributed by atoms with Crippen LogP contribution in [0.25, 0.3) is 0 Å². The number of rotatable bonds is 2. The van der Waals surface area contributed by atoms with Crippen LogP contribution in [0.1, 0.15) is 18.4 Å². The summed E-state index contributed by atoms with van der Waals surface area (Å²) >= 11 is 0. The number of hydrogen-bond acceptors (Lipinski definition) is 4. The minimum Gasteiger partial charge on any atom is -0.445 e. The summed E-state index contributed by atoms with van der Waals surface area (Å²) in [6.45, 7) is 0.235. The van der Waals surface area contributed by atoms with Crippen LogP contribution >= 0.6 is 0 Å². The van der Waals surface area contributed by atoms with Crippen molar-refractivity contribution < 1.29 is 28.2 Å². The number of carbonyl (C=O) groups excluding carboxylic acids is 1. The van der Waals surface area contributed by atoms with Gasteiger partial charge in [0.2, 0.25) is 0 Å². The van der Waals surface area contributed by atoms with Crippen LogP contribution < -0.4 is 0 Å². The SMILES string of the molecule is O=C(OCc1ccccc1)N1C2COCC1CC(F)(F)C(O)C2. The van der Waals surface area contributed by atoms with E-state index in [2.05, 4.69) is 0 Å². The Labute approximate surface area is 132 Å². The first-order valence-electron chi connectivity index (χ1n) is 7.60. The number of benzene rings is 1. The van der Waals surface area contributed by atoms with Crippen LogP contribution in [0, 0.1) is 0 Å². The lowest BCUT2D eigenvalue weighted by atomic mass is 10.0. The monoisotopic (exact) mass is 327 g/mol. The van der Waals surface area contributed by atoms with Gasteiger partial charge in [-0.2, -0.15) is 0 Å². The Morgan fingerprint density at radius 3 is 2.74 bits per heavy atom. The highest BCUT2D eigenvalue weighted by molar-refractivity contribution is 5.69. The standard InChI is InChI=1S/C16H19F2NO4/c17-16(18)7-13-10-22-9-12(6-14(16)20)19(13)15(21)23-8-11-4-2-1-3-5-11/h1-5,12-14,20H,6-10H2. The third-order valence-corrected chi connectivity index (χ3v) is 4.31. The molecule has 2 aliphatic rings. The molecule has 2 saturated heterocycles. The van der Waals surface area contributed by atoms with Gasteiger partial charge in [-0.05, 0) is 5.56 Å². The van der Waals surface area contributed by atoms with E-state index in [0.717, 1.165) is 5.56 Å². The van der Waals surface area contributed by atoms with Gasteiger partial charge in [-0.1, -0.05) is 30.3 Å². The average molecular weight is 327 g/mol. The summed E-state index contributed by atoms with van der Waals surface area (Å²) in [6.07, 6.45) is -3.25. The van der Waals surface area contributed by atoms with Gasteiger partial charge < -0.3 is 14.6 Å². The number of ether oxygens (including phenoxy) is 2. The third kappa shape index (κ3) is 3.45. The smallest absolute Gasteiger partial charge is 0.410 e. The Kier molecular flexibility index (Phi) is 4.50. The van der Waals surface area contributed by atoms with Crippen molar-refractivity contribution in [2.75, 3.05) is 13.2 Å². The van der Waals surface area contributed by atoms with E-state index in [-0.39, 0.29) is 26.2 Å². The summed E-state index contributed by atoms with van der Waals surface area (Å²) in [7, 11) is 0. The molecule has 2 aliphatic heterocycles. The molecule has 23 heavy (non-hydrogen) atoms. The highest BCUT2D eigenvalue weighted by Crippen LogP contribution is 2.36. The molecule has 1 N–H and O–H groups in total. The molecule has 0 radical (unpaired) electrons. The predicted molar refractivity (Wildman–Crippen MR) is 77.0 cm³/mol. The zero-order valence-electron chi connectivity index (χ0n) is 12.5. The minimum atomic E-state index is -3.23. The molecule has 0 spiro atoms. The zero-order chi connectivity index (χ0) is 16.4. The summed E-state index contributed by atoms with van der Waals surface area (Å²) in [5.41, 5.74) is 0.822. The molecule has 2 fully saturated rings. The number of aliphatic hydroxyl groups excluding tert-OH is 1. The van der Waals surface area contributed by atoms with Crippen molar-refractivity contribution in [1.29, 1.82) is 0 Å². The number of hydrogen-bond donors (Lipinski definition) is 1. The summed E-state index contributed by atoms with van der Waals surface area (Å²) in [4.78, 5) is 13.7. The lowest BCUT2D eigenvalue weighted by Gasteiger charge is -2.39. The molecule has 3 atom stereocenters. The first-order chi connectivity index (χ1) is 11.0. The second-order valence-corrected chi connectivity index (χ2v) is 6.01. The van der Waals surface area contributed by atoms with E-state index in [1.54, 1.807) is 0 Å². The number of halogens is 2. The molecule has 1 amide bonds. The Morgan fingerprint density at radius 2 is 2.00 bits per heavy atom. The molecule has 3 rings (SSSR count). The zero-order valence-corrected chi connectivity index (χ0v) is 12.5. The van der Waals surface area contributed by atoms with Crippen LogP contribution in [0.4, 0.5) is 13.6 Å². The molecule has 1 aromatic carbocycles. The van der Waals surface area contributed by atoms with Crippen LogP contribution in [0.3, 0.4) is 0 Å². The summed E-state index contributed by atoms with van der Waals surface area (Å²) in [5, 5.41) is 9.69. The van der Waals surface area contributed by atoms with Crippen molar-refractivity contribution >= 4 is 6.09 Å². The molecule has 0 saturated carbocycles. The number of amides is 1. The number of carbonyl (C=O) groups is 1. The lowest BCUT2D eigenvalue weighted by Crippen LogP contribution is -2.54. The molecule has 1 aromatic rings. The van der Waals surface area contributed by atoms with Crippen LogP contribution in [-0.4, -0.2) is 53.4 Å². The van der Waals surface area contributed by atoms with Crippen molar-refractivity contribution in [2.45, 2.75) is 43.6 Å². The van der Waals surface area contributed by atoms with Crippen molar-refractivity contribution in [3.63, 3.8) is 0 Å². The maximum Gasteiger partial charge on any atom is 0.410 e. The average Bonchev–Trinajstić information content (AvgIpc) is 2.58. The molecule has 3 unspecified atom stereocenters. The van der Waals surface area contributed by atoms with Gasteiger partial charge in [0.25, 0.3) is 5.92 Å².